The van der Waals surface area contributed by atoms with Crippen LogP contribution in [0.2, 0.25) is 0 Å². The number of hydrogen-bond donors (Lipinski definition) is 2. The number of carbonyl (C=O) groups is 1. The second kappa shape index (κ2) is 6.72. The van der Waals surface area contributed by atoms with Crippen LogP contribution in [0.5, 0.6) is 0 Å². The molecule has 1 unspecified atom stereocenters. The van der Waals surface area contributed by atoms with Crippen LogP contribution >= 0.6 is 0 Å². The number of carbonyl (C=O) groups excluding carboxylic acids is 1. The normalized spacial score (nSPS) is 11.5. The molecule has 0 radical (unpaired) electrons. The molecule has 2 rings (SSSR count). The second-order valence-electron chi connectivity index (χ2n) is 4.91. The Morgan fingerprint density at radius 1 is 1.45 bits per heavy atom. The number of aromatic nitrogens is 2. The highest BCUT2D eigenvalue weighted by Gasteiger charge is 2.17. The van der Waals surface area contributed by atoms with Gasteiger partial charge in [-0.1, -0.05) is 0 Å². The monoisotopic (exact) mass is 299 g/mol. The number of anilines is 1. The topological polar surface area (TPSA) is 104 Å². The minimum Gasteiger partial charge on any atom is -0.467 e. The van der Waals surface area contributed by atoms with Gasteiger partial charge in [-0.15, -0.1) is 5.10 Å². The Labute approximate surface area is 128 Å². The lowest BCUT2D eigenvalue weighted by atomic mass is 10.1. The average molecular weight is 299 g/mol. The zero-order valence-electron chi connectivity index (χ0n) is 12.7. The molecule has 0 aromatic carbocycles. The molecular formula is C15H17N5O2. The van der Waals surface area contributed by atoms with Crippen molar-refractivity contribution in [2.45, 2.75) is 33.4 Å². The van der Waals surface area contributed by atoms with Gasteiger partial charge in [-0.25, -0.2) is 0 Å². The van der Waals surface area contributed by atoms with Crippen LogP contribution in [0.4, 0.5) is 5.82 Å². The van der Waals surface area contributed by atoms with Crippen LogP contribution in [0.25, 0.3) is 0 Å². The van der Waals surface area contributed by atoms with Crippen LogP contribution in [0.15, 0.2) is 22.8 Å². The highest BCUT2D eigenvalue weighted by molar-refractivity contribution is 5.84. The quantitative estimate of drug-likeness (QED) is 0.870. The molecule has 0 fully saturated rings. The van der Waals surface area contributed by atoms with E-state index in [1.165, 1.54) is 0 Å². The summed E-state index contributed by atoms with van der Waals surface area (Å²) in [6.45, 7) is 5.58. The average Bonchev–Trinajstić information content (AvgIpc) is 3.02. The van der Waals surface area contributed by atoms with Crippen molar-refractivity contribution in [3.63, 3.8) is 0 Å². The van der Waals surface area contributed by atoms with Crippen molar-refractivity contribution in [2.24, 2.45) is 0 Å². The van der Waals surface area contributed by atoms with E-state index in [0.717, 1.165) is 5.56 Å². The summed E-state index contributed by atoms with van der Waals surface area (Å²) < 4.78 is 5.15. The molecule has 0 aliphatic rings. The molecule has 0 bridgehead atoms. The molecule has 7 nitrogen and oxygen atoms in total. The molecule has 0 saturated carbocycles. The molecule has 1 atom stereocenters. The molecule has 2 heterocycles. The van der Waals surface area contributed by atoms with Gasteiger partial charge in [0.15, 0.2) is 5.82 Å². The molecule has 1 amide bonds. The third-order valence-electron chi connectivity index (χ3n) is 3.33. The fraction of sp³-hybridized carbons (Fsp3) is 0.333. The number of rotatable bonds is 5. The Morgan fingerprint density at radius 3 is 2.86 bits per heavy atom. The Kier molecular flexibility index (Phi) is 4.73. The lowest BCUT2D eigenvalue weighted by Gasteiger charge is -2.15. The van der Waals surface area contributed by atoms with Gasteiger partial charge in [0, 0.05) is 0 Å². The zero-order chi connectivity index (χ0) is 16.1. The van der Waals surface area contributed by atoms with Gasteiger partial charge in [-0.3, -0.25) is 4.79 Å². The van der Waals surface area contributed by atoms with Crippen LogP contribution in [0.1, 0.15) is 29.5 Å². The van der Waals surface area contributed by atoms with E-state index in [1.807, 2.05) is 0 Å². The van der Waals surface area contributed by atoms with Gasteiger partial charge in [-0.2, -0.15) is 10.4 Å². The molecule has 0 aliphatic heterocycles. The van der Waals surface area contributed by atoms with E-state index >= 15 is 0 Å². The lowest BCUT2D eigenvalue weighted by molar-refractivity contribution is -0.121. The van der Waals surface area contributed by atoms with Crippen LogP contribution in [0.3, 0.4) is 0 Å². The molecule has 0 saturated heterocycles. The predicted octanol–water partition coefficient (Wildman–Crippen LogP) is 1.67. The maximum absolute atomic E-state index is 12.0. The van der Waals surface area contributed by atoms with Crippen molar-refractivity contribution >= 4 is 11.7 Å². The minimum absolute atomic E-state index is 0.222. The van der Waals surface area contributed by atoms with E-state index in [0.29, 0.717) is 29.4 Å². The summed E-state index contributed by atoms with van der Waals surface area (Å²) in [6.07, 6.45) is 1.55. The standard InChI is InChI=1S/C15H17N5O2/c1-9-10(2)19-20-14(13(9)7-16)18-11(3)15(21)17-8-12-5-4-6-22-12/h4-6,11H,8H2,1-3H3,(H,17,21)(H,18,20). The number of nitrogens with one attached hydrogen (secondary N) is 2. The van der Waals surface area contributed by atoms with E-state index in [4.69, 9.17) is 4.42 Å². The summed E-state index contributed by atoms with van der Waals surface area (Å²) >= 11 is 0. The largest absolute Gasteiger partial charge is 0.467 e. The number of furan rings is 1. The Morgan fingerprint density at radius 2 is 2.23 bits per heavy atom. The van der Waals surface area contributed by atoms with Gasteiger partial charge in [-0.05, 0) is 38.5 Å². The van der Waals surface area contributed by atoms with Gasteiger partial charge in [0.1, 0.15) is 23.4 Å². The van der Waals surface area contributed by atoms with E-state index in [-0.39, 0.29) is 5.91 Å². The SMILES string of the molecule is Cc1nnc(NC(C)C(=O)NCc2ccco2)c(C#N)c1C. The highest BCUT2D eigenvalue weighted by atomic mass is 16.3. The van der Waals surface area contributed by atoms with Gasteiger partial charge in [0.2, 0.25) is 5.91 Å². The van der Waals surface area contributed by atoms with Crippen molar-refractivity contribution in [3.8, 4) is 6.07 Å². The molecule has 2 aromatic heterocycles. The molecule has 0 aliphatic carbocycles. The van der Waals surface area contributed by atoms with E-state index in [2.05, 4.69) is 26.9 Å². The fourth-order valence-electron chi connectivity index (χ4n) is 1.86. The minimum atomic E-state index is -0.557. The first-order valence-electron chi connectivity index (χ1n) is 6.83. The number of nitrogens with zero attached hydrogens (tertiary/aromatic N) is 3. The Bertz CT molecular complexity index is 703. The van der Waals surface area contributed by atoms with Gasteiger partial charge in [0.05, 0.1) is 18.5 Å². The summed E-state index contributed by atoms with van der Waals surface area (Å²) in [5.74, 6) is 0.760. The summed E-state index contributed by atoms with van der Waals surface area (Å²) in [6, 6.07) is 5.07. The van der Waals surface area contributed by atoms with Gasteiger partial charge < -0.3 is 15.1 Å². The Balaban J connectivity index is 2.02. The van der Waals surface area contributed by atoms with E-state index < -0.39 is 6.04 Å². The zero-order valence-corrected chi connectivity index (χ0v) is 12.7. The molecule has 2 aromatic rings. The fourth-order valence-corrected chi connectivity index (χ4v) is 1.86. The highest BCUT2D eigenvalue weighted by Crippen LogP contribution is 2.17. The molecule has 2 N–H and O–H groups in total. The number of aryl methyl sites for hydroxylation is 1. The first kappa shape index (κ1) is 15.5. The molecule has 22 heavy (non-hydrogen) atoms. The molecule has 7 heteroatoms. The van der Waals surface area contributed by atoms with Crippen LogP contribution in [0, 0.1) is 25.2 Å². The first-order chi connectivity index (χ1) is 10.5. The summed E-state index contributed by atoms with van der Waals surface area (Å²) in [7, 11) is 0. The smallest absolute Gasteiger partial charge is 0.242 e. The maximum atomic E-state index is 12.0. The third kappa shape index (κ3) is 3.41. The number of nitriles is 1. The summed E-state index contributed by atoms with van der Waals surface area (Å²) in [4.78, 5) is 12.0. The first-order valence-corrected chi connectivity index (χ1v) is 6.83. The molecular weight excluding hydrogens is 282 g/mol. The third-order valence-corrected chi connectivity index (χ3v) is 3.33. The van der Waals surface area contributed by atoms with Crippen molar-refractivity contribution in [3.05, 3.63) is 41.0 Å². The van der Waals surface area contributed by atoms with Crippen molar-refractivity contribution < 1.29 is 9.21 Å². The van der Waals surface area contributed by atoms with Crippen LogP contribution < -0.4 is 10.6 Å². The van der Waals surface area contributed by atoms with E-state index in [9.17, 15) is 10.1 Å². The molecule has 114 valence electrons. The number of hydrogen-bond acceptors (Lipinski definition) is 6. The van der Waals surface area contributed by atoms with Crippen molar-refractivity contribution in [2.75, 3.05) is 5.32 Å². The Hall–Kier alpha value is -2.88. The van der Waals surface area contributed by atoms with E-state index in [1.54, 1.807) is 39.2 Å². The van der Waals surface area contributed by atoms with Gasteiger partial charge in [0.25, 0.3) is 0 Å². The summed E-state index contributed by atoms with van der Waals surface area (Å²) in [5.41, 5.74) is 1.85. The second-order valence-corrected chi connectivity index (χ2v) is 4.91. The van der Waals surface area contributed by atoms with Crippen molar-refractivity contribution in [1.82, 2.24) is 15.5 Å². The van der Waals surface area contributed by atoms with Crippen LogP contribution in [-0.2, 0) is 11.3 Å². The maximum Gasteiger partial charge on any atom is 0.242 e. The van der Waals surface area contributed by atoms with Gasteiger partial charge >= 0.3 is 0 Å². The number of amides is 1. The molecule has 0 spiro atoms. The predicted molar refractivity (Wildman–Crippen MR) is 79.9 cm³/mol. The van der Waals surface area contributed by atoms with Crippen molar-refractivity contribution in [1.29, 1.82) is 5.26 Å². The summed E-state index contributed by atoms with van der Waals surface area (Å²) in [5, 5.41) is 22.8. The lowest BCUT2D eigenvalue weighted by Crippen LogP contribution is -2.37. The van der Waals surface area contributed by atoms with Crippen LogP contribution in [-0.4, -0.2) is 22.1 Å².